The number of benzene rings is 1. The maximum atomic E-state index is 12.1. The Bertz CT molecular complexity index is 1050. The fourth-order valence-electron chi connectivity index (χ4n) is 3.70. The van der Waals surface area contributed by atoms with Gasteiger partial charge in [0.15, 0.2) is 0 Å². The standard InChI is InChI=1S/C24H33N3O5SSi/c1-4-30-34(31-5-2,32-6-3)17-9-14-27-24(28)29-15-16-33-21-18-19-10-7-12-25-22(19)23-20(21)11-8-13-26-23/h7-8,10-13,18H,4-6,9,14-17H2,1-3H3,(H,27,28). The van der Waals surface area contributed by atoms with E-state index in [4.69, 9.17) is 18.0 Å². The number of nitrogens with one attached hydrogen (secondary N) is 1. The third-order valence-corrected chi connectivity index (χ3v) is 9.19. The summed E-state index contributed by atoms with van der Waals surface area (Å²) in [7, 11) is -2.68. The van der Waals surface area contributed by atoms with Gasteiger partial charge >= 0.3 is 14.9 Å². The number of carbonyl (C=O) groups excluding carboxylic acids is 1. The van der Waals surface area contributed by atoms with Crippen LogP contribution in [0.5, 0.6) is 0 Å². The molecule has 0 aliphatic carbocycles. The summed E-state index contributed by atoms with van der Waals surface area (Å²) in [5.74, 6) is 0.637. The zero-order valence-corrected chi connectivity index (χ0v) is 21.9. The van der Waals surface area contributed by atoms with Crippen LogP contribution in [0, 0.1) is 0 Å². The first-order valence-electron chi connectivity index (χ1n) is 11.7. The van der Waals surface area contributed by atoms with Crippen molar-refractivity contribution >= 4 is 48.5 Å². The van der Waals surface area contributed by atoms with Gasteiger partial charge in [-0.1, -0.05) is 12.1 Å². The summed E-state index contributed by atoms with van der Waals surface area (Å²) >= 11 is 1.64. The Kier molecular flexibility index (Phi) is 10.5. The number of carbonyl (C=O) groups is 1. The van der Waals surface area contributed by atoms with Crippen molar-refractivity contribution in [2.75, 3.05) is 38.7 Å². The van der Waals surface area contributed by atoms with Gasteiger partial charge in [0.2, 0.25) is 0 Å². The maximum Gasteiger partial charge on any atom is 0.500 e. The Morgan fingerprint density at radius 2 is 1.68 bits per heavy atom. The summed E-state index contributed by atoms with van der Waals surface area (Å²) in [5.41, 5.74) is 1.77. The van der Waals surface area contributed by atoms with Gasteiger partial charge in [0.25, 0.3) is 0 Å². The highest BCUT2D eigenvalue weighted by Gasteiger charge is 2.39. The Morgan fingerprint density at radius 3 is 2.38 bits per heavy atom. The molecule has 1 N–H and O–H groups in total. The van der Waals surface area contributed by atoms with Crippen LogP contribution >= 0.6 is 11.8 Å². The van der Waals surface area contributed by atoms with Gasteiger partial charge in [-0.15, -0.1) is 11.8 Å². The normalized spacial score (nSPS) is 11.7. The number of rotatable bonds is 14. The molecule has 3 rings (SSSR count). The zero-order valence-electron chi connectivity index (χ0n) is 20.0. The second kappa shape index (κ2) is 13.6. The van der Waals surface area contributed by atoms with E-state index in [1.54, 1.807) is 24.2 Å². The monoisotopic (exact) mass is 503 g/mol. The van der Waals surface area contributed by atoms with Gasteiger partial charge < -0.3 is 23.3 Å². The van der Waals surface area contributed by atoms with Crippen LogP contribution in [0.2, 0.25) is 6.04 Å². The zero-order chi connectivity index (χ0) is 24.2. The van der Waals surface area contributed by atoms with Gasteiger partial charge in [-0.3, -0.25) is 9.97 Å². The molecule has 0 bridgehead atoms. The average molecular weight is 504 g/mol. The minimum absolute atomic E-state index is 0.304. The lowest BCUT2D eigenvalue weighted by atomic mass is 10.1. The number of ether oxygens (including phenoxy) is 1. The van der Waals surface area contributed by atoms with Gasteiger partial charge in [-0.25, -0.2) is 4.79 Å². The first kappa shape index (κ1) is 26.4. The Morgan fingerprint density at radius 1 is 1.00 bits per heavy atom. The molecule has 0 atom stereocenters. The largest absolute Gasteiger partial charge is 0.500 e. The molecule has 0 saturated carbocycles. The summed E-state index contributed by atoms with van der Waals surface area (Å²) in [6, 6.07) is 10.7. The molecule has 0 spiro atoms. The smallest absolute Gasteiger partial charge is 0.449 e. The molecule has 34 heavy (non-hydrogen) atoms. The van der Waals surface area contributed by atoms with Gasteiger partial charge in [-0.05, 0) is 45.4 Å². The molecule has 2 heterocycles. The van der Waals surface area contributed by atoms with E-state index in [1.807, 2.05) is 45.0 Å². The van der Waals surface area contributed by atoms with Crippen molar-refractivity contribution in [3.63, 3.8) is 0 Å². The molecule has 8 nitrogen and oxygen atoms in total. The highest BCUT2D eigenvalue weighted by atomic mass is 32.2. The lowest BCUT2D eigenvalue weighted by Gasteiger charge is -2.28. The molecule has 0 saturated heterocycles. The Hall–Kier alpha value is -2.24. The molecule has 1 amide bonds. The first-order chi connectivity index (χ1) is 16.6. The van der Waals surface area contributed by atoms with E-state index >= 15 is 0 Å². The quantitative estimate of drug-likeness (QED) is 0.142. The molecule has 0 fully saturated rings. The lowest BCUT2D eigenvalue weighted by molar-refractivity contribution is 0.0707. The third kappa shape index (κ3) is 7.13. The van der Waals surface area contributed by atoms with E-state index in [9.17, 15) is 4.79 Å². The number of aromatic nitrogens is 2. The molecule has 2 aromatic heterocycles. The number of hydrogen-bond acceptors (Lipinski definition) is 8. The van der Waals surface area contributed by atoms with Crippen molar-refractivity contribution in [3.8, 4) is 0 Å². The Labute approximate surface area is 206 Å². The number of nitrogens with zero attached hydrogens (tertiary/aromatic N) is 2. The lowest BCUT2D eigenvalue weighted by Crippen LogP contribution is -2.46. The predicted octanol–water partition coefficient (Wildman–Crippen LogP) is 5.04. The summed E-state index contributed by atoms with van der Waals surface area (Å²) < 4.78 is 22.9. The highest BCUT2D eigenvalue weighted by Crippen LogP contribution is 2.32. The number of fused-ring (bicyclic) bond motifs is 3. The summed E-state index contributed by atoms with van der Waals surface area (Å²) in [6.07, 6.45) is 3.83. The van der Waals surface area contributed by atoms with Gasteiger partial charge in [0.05, 0.1) is 11.0 Å². The van der Waals surface area contributed by atoms with Crippen LogP contribution in [0.15, 0.2) is 47.6 Å². The molecule has 10 heteroatoms. The van der Waals surface area contributed by atoms with Crippen LogP contribution in [0.3, 0.4) is 0 Å². The topological polar surface area (TPSA) is 91.8 Å². The highest BCUT2D eigenvalue weighted by molar-refractivity contribution is 7.99. The number of thioether (sulfide) groups is 1. The minimum atomic E-state index is -2.68. The van der Waals surface area contributed by atoms with E-state index < -0.39 is 14.9 Å². The van der Waals surface area contributed by atoms with Gasteiger partial charge in [0, 0.05) is 66.2 Å². The van der Waals surface area contributed by atoms with Crippen LogP contribution in [0.4, 0.5) is 4.79 Å². The van der Waals surface area contributed by atoms with Crippen LogP contribution in [0.1, 0.15) is 27.2 Å². The molecule has 3 aromatic rings. The summed E-state index contributed by atoms with van der Waals surface area (Å²) in [5, 5.41) is 4.89. The van der Waals surface area contributed by atoms with E-state index in [2.05, 4.69) is 21.4 Å². The van der Waals surface area contributed by atoms with Crippen molar-refractivity contribution in [2.24, 2.45) is 0 Å². The van der Waals surface area contributed by atoms with Crippen LogP contribution < -0.4 is 5.32 Å². The van der Waals surface area contributed by atoms with Crippen molar-refractivity contribution in [1.82, 2.24) is 15.3 Å². The maximum absolute atomic E-state index is 12.1. The SMILES string of the molecule is CCO[Si](CCCNC(=O)OCCSc1cc2cccnc2c2ncccc12)(OCC)OCC. The van der Waals surface area contributed by atoms with Gasteiger partial charge in [-0.2, -0.15) is 0 Å². The first-order valence-corrected chi connectivity index (χ1v) is 14.6. The number of amides is 1. The van der Waals surface area contributed by atoms with Crippen LogP contribution in [0.25, 0.3) is 21.8 Å². The number of hydrogen-bond donors (Lipinski definition) is 1. The molecule has 0 unspecified atom stereocenters. The van der Waals surface area contributed by atoms with Crippen molar-refractivity contribution in [1.29, 1.82) is 0 Å². The second-order valence-electron chi connectivity index (χ2n) is 7.35. The molecule has 0 radical (unpaired) electrons. The number of alkyl carbamates (subject to hydrolysis) is 1. The van der Waals surface area contributed by atoms with Crippen LogP contribution in [-0.2, 0) is 18.0 Å². The molecule has 0 aliphatic rings. The van der Waals surface area contributed by atoms with Crippen molar-refractivity contribution in [2.45, 2.75) is 38.1 Å². The molecule has 184 valence electrons. The Balaban J connectivity index is 1.44. The molecule has 0 aliphatic heterocycles. The van der Waals surface area contributed by atoms with Crippen molar-refractivity contribution in [3.05, 3.63) is 42.7 Å². The fourth-order valence-corrected chi connectivity index (χ4v) is 7.23. The van der Waals surface area contributed by atoms with E-state index in [0.29, 0.717) is 51.2 Å². The third-order valence-electron chi connectivity index (χ3n) is 5.02. The van der Waals surface area contributed by atoms with Crippen molar-refractivity contribution < 1.29 is 22.8 Å². The summed E-state index contributed by atoms with van der Waals surface area (Å²) in [6.45, 7) is 8.20. The molecular weight excluding hydrogens is 470 g/mol. The van der Waals surface area contributed by atoms with E-state index in [-0.39, 0.29) is 0 Å². The molecule has 1 aromatic carbocycles. The van der Waals surface area contributed by atoms with E-state index in [0.717, 1.165) is 26.7 Å². The average Bonchev–Trinajstić information content (AvgIpc) is 2.85. The fraction of sp³-hybridized carbons (Fsp3) is 0.458. The summed E-state index contributed by atoms with van der Waals surface area (Å²) in [4.78, 5) is 22.2. The molecular formula is C24H33N3O5SSi. The van der Waals surface area contributed by atoms with Gasteiger partial charge in [0.1, 0.15) is 6.61 Å². The second-order valence-corrected chi connectivity index (χ2v) is 11.2. The predicted molar refractivity (Wildman–Crippen MR) is 137 cm³/mol. The minimum Gasteiger partial charge on any atom is -0.449 e. The van der Waals surface area contributed by atoms with Crippen LogP contribution in [-0.4, -0.2) is 63.6 Å². The van der Waals surface area contributed by atoms with E-state index in [1.165, 1.54) is 0 Å². The number of pyridine rings is 2.